The van der Waals surface area contributed by atoms with Gasteiger partial charge in [0.1, 0.15) is 0 Å². The Morgan fingerprint density at radius 1 is 1.75 bits per heavy atom. The summed E-state index contributed by atoms with van der Waals surface area (Å²) in [5.74, 6) is 0. The van der Waals surface area contributed by atoms with Gasteiger partial charge >= 0.3 is 0 Å². The molecule has 0 fully saturated rings. The first-order valence-corrected chi connectivity index (χ1v) is 2.58. The van der Waals surface area contributed by atoms with Gasteiger partial charge in [-0.25, -0.2) is 0 Å². The molecule has 0 saturated carbocycles. The summed E-state index contributed by atoms with van der Waals surface area (Å²) < 4.78 is 4.82. The zero-order chi connectivity index (χ0) is 6.24. The van der Waals surface area contributed by atoms with Crippen LogP contribution in [0.4, 0.5) is 0 Å². The molecular weight excluding hydrogens is 102 g/mol. The van der Waals surface area contributed by atoms with E-state index in [4.69, 9.17) is 10.00 Å². The van der Waals surface area contributed by atoms with Crippen LogP contribution in [0.15, 0.2) is 12.3 Å². The first kappa shape index (κ1) is 7.03. The van der Waals surface area contributed by atoms with Crippen molar-refractivity contribution >= 4 is 0 Å². The molecule has 0 spiro atoms. The summed E-state index contributed by atoms with van der Waals surface area (Å²) in [6.45, 7) is 2.71. The molecule has 0 aromatic rings. The molecule has 0 aromatic carbocycles. The molecule has 0 aromatic heterocycles. The third-order valence-electron chi connectivity index (χ3n) is 0.561. The lowest BCUT2D eigenvalue weighted by Crippen LogP contribution is -1.80. The van der Waals surface area contributed by atoms with Crippen molar-refractivity contribution in [1.29, 1.82) is 5.26 Å². The number of hydrogen-bond donors (Lipinski definition) is 0. The molecule has 8 heavy (non-hydrogen) atoms. The van der Waals surface area contributed by atoms with Gasteiger partial charge < -0.3 is 4.74 Å². The van der Waals surface area contributed by atoms with Crippen molar-refractivity contribution in [2.24, 2.45) is 0 Å². The lowest BCUT2D eigenvalue weighted by atomic mass is 10.5. The summed E-state index contributed by atoms with van der Waals surface area (Å²) in [6.07, 6.45) is 3.70. The Morgan fingerprint density at radius 2 is 2.50 bits per heavy atom. The zero-order valence-corrected chi connectivity index (χ0v) is 4.92. The van der Waals surface area contributed by atoms with E-state index in [-0.39, 0.29) is 0 Å². The Labute approximate surface area is 49.4 Å². The topological polar surface area (TPSA) is 33.0 Å². The molecule has 0 saturated heterocycles. The van der Waals surface area contributed by atoms with Gasteiger partial charge in [-0.3, -0.25) is 0 Å². The Kier molecular flexibility index (Phi) is 5.30. The second kappa shape index (κ2) is 6.03. The van der Waals surface area contributed by atoms with Gasteiger partial charge in [0.25, 0.3) is 0 Å². The average Bonchev–Trinajstić information content (AvgIpc) is 1.81. The highest BCUT2D eigenvalue weighted by Gasteiger charge is 1.71. The van der Waals surface area contributed by atoms with Gasteiger partial charge in [-0.1, -0.05) is 6.92 Å². The molecule has 0 unspecified atom stereocenters. The average molecular weight is 111 g/mol. The molecule has 0 aliphatic rings. The highest BCUT2D eigenvalue weighted by molar-refractivity contribution is 4.97. The molecule has 0 aliphatic carbocycles. The van der Waals surface area contributed by atoms with Crippen LogP contribution in [0.5, 0.6) is 0 Å². The van der Waals surface area contributed by atoms with Crippen LogP contribution in [0.25, 0.3) is 0 Å². The minimum absolute atomic E-state index is 0.693. The van der Waals surface area contributed by atoms with Crippen LogP contribution in [0.1, 0.15) is 13.3 Å². The van der Waals surface area contributed by atoms with Crippen molar-refractivity contribution < 1.29 is 4.74 Å². The molecule has 0 bridgehead atoms. The minimum Gasteiger partial charge on any atom is -0.500 e. The van der Waals surface area contributed by atoms with Crippen molar-refractivity contribution in [1.82, 2.24) is 0 Å². The van der Waals surface area contributed by atoms with Crippen molar-refractivity contribution in [3.8, 4) is 6.07 Å². The van der Waals surface area contributed by atoms with Gasteiger partial charge in [-0.15, -0.1) is 0 Å². The molecule has 0 atom stereocenters. The van der Waals surface area contributed by atoms with E-state index in [1.54, 1.807) is 0 Å². The maximum Gasteiger partial charge on any atom is 0.0944 e. The van der Waals surface area contributed by atoms with Gasteiger partial charge in [0.2, 0.25) is 0 Å². The smallest absolute Gasteiger partial charge is 0.0944 e. The molecule has 0 radical (unpaired) electrons. The molecular formula is C6H9NO. The summed E-state index contributed by atoms with van der Waals surface area (Å²) in [6, 6.07) is 1.82. The van der Waals surface area contributed by atoms with E-state index < -0.39 is 0 Å². The van der Waals surface area contributed by atoms with E-state index in [1.165, 1.54) is 12.3 Å². The predicted octanol–water partition coefficient (Wildman–Crippen LogP) is 1.45. The van der Waals surface area contributed by atoms with Crippen LogP contribution in [0, 0.1) is 11.3 Å². The molecule has 0 amide bonds. The van der Waals surface area contributed by atoms with Crippen LogP contribution in [-0.2, 0) is 4.74 Å². The van der Waals surface area contributed by atoms with E-state index in [9.17, 15) is 0 Å². The number of rotatable bonds is 3. The second-order valence-electron chi connectivity index (χ2n) is 1.30. The Morgan fingerprint density at radius 3 is 3.00 bits per heavy atom. The number of nitriles is 1. The number of hydrogen-bond acceptors (Lipinski definition) is 2. The Hall–Kier alpha value is -0.970. The largest absolute Gasteiger partial charge is 0.500 e. The SMILES string of the molecule is CCCOC=CC#N. The van der Waals surface area contributed by atoms with Gasteiger partial charge in [0.05, 0.1) is 25.0 Å². The summed E-state index contributed by atoms with van der Waals surface area (Å²) in [4.78, 5) is 0. The maximum atomic E-state index is 7.95. The molecule has 2 nitrogen and oxygen atoms in total. The van der Waals surface area contributed by atoms with Crippen LogP contribution in [0.2, 0.25) is 0 Å². The van der Waals surface area contributed by atoms with Gasteiger partial charge in [0, 0.05) is 0 Å². The highest BCUT2D eigenvalue weighted by Crippen LogP contribution is 1.79. The predicted molar refractivity (Wildman–Crippen MR) is 31.0 cm³/mol. The van der Waals surface area contributed by atoms with Crippen molar-refractivity contribution in [3.63, 3.8) is 0 Å². The maximum absolute atomic E-state index is 7.95. The van der Waals surface area contributed by atoms with Gasteiger partial charge in [0.15, 0.2) is 0 Å². The quantitative estimate of drug-likeness (QED) is 0.313. The monoisotopic (exact) mass is 111 g/mol. The van der Waals surface area contributed by atoms with E-state index in [0.717, 1.165) is 6.42 Å². The minimum atomic E-state index is 0.693. The van der Waals surface area contributed by atoms with Crippen LogP contribution in [0.3, 0.4) is 0 Å². The molecule has 44 valence electrons. The standard InChI is InChI=1S/C6H9NO/c1-2-5-8-6-3-4-7/h3,6H,2,5H2,1H3. The Bertz CT molecular complexity index is 102. The molecule has 0 heterocycles. The lowest BCUT2D eigenvalue weighted by molar-refractivity contribution is 0.250. The lowest BCUT2D eigenvalue weighted by Gasteiger charge is -1.91. The third kappa shape index (κ3) is 5.03. The normalized spacial score (nSPS) is 9.00. The molecule has 2 heteroatoms. The summed E-state index contributed by atoms with van der Waals surface area (Å²) >= 11 is 0. The van der Waals surface area contributed by atoms with E-state index >= 15 is 0 Å². The fourth-order valence-electron chi connectivity index (χ4n) is 0.264. The fourth-order valence-corrected chi connectivity index (χ4v) is 0.264. The molecule has 0 aliphatic heterocycles. The van der Waals surface area contributed by atoms with Crippen LogP contribution in [-0.4, -0.2) is 6.61 Å². The van der Waals surface area contributed by atoms with Gasteiger partial charge in [-0.2, -0.15) is 5.26 Å². The van der Waals surface area contributed by atoms with Crippen molar-refractivity contribution in [3.05, 3.63) is 12.3 Å². The van der Waals surface area contributed by atoms with E-state index in [0.29, 0.717) is 6.61 Å². The van der Waals surface area contributed by atoms with E-state index in [1.807, 2.05) is 13.0 Å². The van der Waals surface area contributed by atoms with Crippen molar-refractivity contribution in [2.45, 2.75) is 13.3 Å². The first-order valence-electron chi connectivity index (χ1n) is 2.58. The Balaban J connectivity index is 2.94. The van der Waals surface area contributed by atoms with Crippen LogP contribution >= 0.6 is 0 Å². The summed E-state index contributed by atoms with van der Waals surface area (Å²) in [5, 5.41) is 7.95. The number of allylic oxidation sites excluding steroid dienone is 1. The fraction of sp³-hybridized carbons (Fsp3) is 0.500. The van der Waals surface area contributed by atoms with Gasteiger partial charge in [-0.05, 0) is 6.42 Å². The molecule has 0 rings (SSSR count). The van der Waals surface area contributed by atoms with Crippen molar-refractivity contribution in [2.75, 3.05) is 6.61 Å². The van der Waals surface area contributed by atoms with E-state index in [2.05, 4.69) is 0 Å². The summed E-state index contributed by atoms with van der Waals surface area (Å²) in [5.41, 5.74) is 0. The zero-order valence-electron chi connectivity index (χ0n) is 4.92. The number of nitrogens with zero attached hydrogens (tertiary/aromatic N) is 1. The highest BCUT2D eigenvalue weighted by atomic mass is 16.5. The third-order valence-corrected chi connectivity index (χ3v) is 0.561. The second-order valence-corrected chi connectivity index (χ2v) is 1.30. The molecule has 0 N–H and O–H groups in total. The van der Waals surface area contributed by atoms with Crippen LogP contribution < -0.4 is 0 Å². The first-order chi connectivity index (χ1) is 3.91. The summed E-state index contributed by atoms with van der Waals surface area (Å²) in [7, 11) is 0. The number of ether oxygens (including phenoxy) is 1.